The standard InChI is InChI=1S/C18H17ClN4O2S/c19-16-6-4-14(5-7-16)15-2-1-3-18(12-15)26(24,25)22-11-8-17(13-22)23-20-9-10-21-23/h1-7,9-10,12,17H,8,11,13H2. The Morgan fingerprint density at radius 1 is 1.00 bits per heavy atom. The van der Waals surface area contributed by atoms with Gasteiger partial charge in [-0.3, -0.25) is 0 Å². The Bertz CT molecular complexity index is 1000. The van der Waals surface area contributed by atoms with Gasteiger partial charge in [0.2, 0.25) is 10.0 Å². The third-order valence-corrected chi connectivity index (χ3v) is 6.65. The number of hydrogen-bond acceptors (Lipinski definition) is 4. The van der Waals surface area contributed by atoms with Crippen molar-refractivity contribution in [3.8, 4) is 11.1 Å². The molecule has 1 aromatic heterocycles. The van der Waals surface area contributed by atoms with E-state index in [1.165, 1.54) is 4.31 Å². The fraction of sp³-hybridized carbons (Fsp3) is 0.222. The van der Waals surface area contributed by atoms with Gasteiger partial charge in [0.05, 0.1) is 23.3 Å². The van der Waals surface area contributed by atoms with Gasteiger partial charge in [-0.1, -0.05) is 35.9 Å². The van der Waals surface area contributed by atoms with E-state index in [1.54, 1.807) is 47.5 Å². The van der Waals surface area contributed by atoms with Crippen LogP contribution in [0, 0.1) is 0 Å². The lowest BCUT2D eigenvalue weighted by atomic mass is 10.1. The summed E-state index contributed by atoms with van der Waals surface area (Å²) in [5.74, 6) is 0. The van der Waals surface area contributed by atoms with Crippen LogP contribution >= 0.6 is 11.6 Å². The van der Waals surface area contributed by atoms with Crippen molar-refractivity contribution in [3.05, 3.63) is 65.9 Å². The summed E-state index contributed by atoms with van der Waals surface area (Å²) in [5.41, 5.74) is 1.76. The largest absolute Gasteiger partial charge is 0.243 e. The van der Waals surface area contributed by atoms with Crippen LogP contribution in [0.15, 0.2) is 65.8 Å². The van der Waals surface area contributed by atoms with Gasteiger partial charge in [0, 0.05) is 18.1 Å². The van der Waals surface area contributed by atoms with Crippen molar-refractivity contribution in [2.45, 2.75) is 17.4 Å². The normalized spacial score (nSPS) is 18.3. The maximum Gasteiger partial charge on any atom is 0.243 e. The van der Waals surface area contributed by atoms with Crippen LogP contribution in [0.2, 0.25) is 5.02 Å². The molecule has 0 bridgehead atoms. The third kappa shape index (κ3) is 3.25. The molecule has 1 saturated heterocycles. The van der Waals surface area contributed by atoms with Crippen molar-refractivity contribution in [1.82, 2.24) is 19.3 Å². The van der Waals surface area contributed by atoms with Gasteiger partial charge in [-0.15, -0.1) is 0 Å². The van der Waals surface area contributed by atoms with Gasteiger partial charge >= 0.3 is 0 Å². The molecule has 1 fully saturated rings. The monoisotopic (exact) mass is 388 g/mol. The summed E-state index contributed by atoms with van der Waals surface area (Å²) < 4.78 is 27.6. The molecule has 4 rings (SSSR count). The Hall–Kier alpha value is -2.22. The zero-order chi connectivity index (χ0) is 18.1. The highest BCUT2D eigenvalue weighted by Crippen LogP contribution is 2.29. The minimum Gasteiger partial charge on any atom is -0.207 e. The van der Waals surface area contributed by atoms with Crippen LogP contribution in [0.1, 0.15) is 12.5 Å². The van der Waals surface area contributed by atoms with E-state index in [9.17, 15) is 8.42 Å². The lowest BCUT2D eigenvalue weighted by molar-refractivity contribution is 0.402. The van der Waals surface area contributed by atoms with Crippen LogP contribution < -0.4 is 0 Å². The minimum absolute atomic E-state index is 0.0285. The Morgan fingerprint density at radius 2 is 1.73 bits per heavy atom. The van der Waals surface area contributed by atoms with Gasteiger partial charge in [-0.05, 0) is 41.8 Å². The molecule has 0 N–H and O–H groups in total. The summed E-state index contributed by atoms with van der Waals surface area (Å²) in [5, 5.41) is 8.89. The van der Waals surface area contributed by atoms with Crippen LogP contribution in [-0.2, 0) is 10.0 Å². The summed E-state index contributed by atoms with van der Waals surface area (Å²) in [7, 11) is -3.56. The molecule has 3 aromatic rings. The van der Waals surface area contributed by atoms with Gasteiger partial charge < -0.3 is 0 Å². The molecule has 0 radical (unpaired) electrons. The first kappa shape index (κ1) is 17.2. The summed E-state index contributed by atoms with van der Waals surface area (Å²) in [4.78, 5) is 1.87. The van der Waals surface area contributed by atoms with Gasteiger partial charge in [0.25, 0.3) is 0 Å². The molecule has 134 valence electrons. The van der Waals surface area contributed by atoms with Gasteiger partial charge in [-0.2, -0.15) is 19.3 Å². The predicted molar refractivity (Wildman–Crippen MR) is 99.3 cm³/mol. The lowest BCUT2D eigenvalue weighted by Crippen LogP contribution is -2.29. The molecule has 1 unspecified atom stereocenters. The van der Waals surface area contributed by atoms with E-state index in [0.717, 1.165) is 11.1 Å². The SMILES string of the molecule is O=S(=O)(c1cccc(-c2ccc(Cl)cc2)c1)N1CCC(n2nccn2)C1. The van der Waals surface area contributed by atoms with Crippen LogP contribution in [0.4, 0.5) is 0 Å². The van der Waals surface area contributed by atoms with Crippen LogP contribution in [0.25, 0.3) is 11.1 Å². The second-order valence-electron chi connectivity index (χ2n) is 6.19. The number of rotatable bonds is 4. The number of halogens is 1. The summed E-state index contributed by atoms with van der Waals surface area (Å²) in [6, 6.07) is 14.3. The molecule has 0 aliphatic carbocycles. The Balaban J connectivity index is 1.60. The topological polar surface area (TPSA) is 68.1 Å². The molecule has 6 nitrogen and oxygen atoms in total. The van der Waals surface area contributed by atoms with Crippen LogP contribution in [-0.4, -0.2) is 40.8 Å². The van der Waals surface area contributed by atoms with Crippen molar-refractivity contribution >= 4 is 21.6 Å². The molecule has 1 aliphatic rings. The average molecular weight is 389 g/mol. The summed E-state index contributed by atoms with van der Waals surface area (Å²) in [6.07, 6.45) is 3.91. The second kappa shape index (κ2) is 6.83. The quantitative estimate of drug-likeness (QED) is 0.688. The fourth-order valence-electron chi connectivity index (χ4n) is 3.16. The molecular weight excluding hydrogens is 372 g/mol. The van der Waals surface area contributed by atoms with E-state index in [2.05, 4.69) is 10.2 Å². The number of hydrogen-bond donors (Lipinski definition) is 0. The van der Waals surface area contributed by atoms with E-state index in [0.29, 0.717) is 29.4 Å². The van der Waals surface area contributed by atoms with Crippen LogP contribution in [0.5, 0.6) is 0 Å². The van der Waals surface area contributed by atoms with Crippen molar-refractivity contribution < 1.29 is 8.42 Å². The van der Waals surface area contributed by atoms with Gasteiger partial charge in [0.1, 0.15) is 0 Å². The highest BCUT2D eigenvalue weighted by atomic mass is 35.5. The summed E-state index contributed by atoms with van der Waals surface area (Å²) in [6.45, 7) is 0.835. The average Bonchev–Trinajstić information content (AvgIpc) is 3.34. The van der Waals surface area contributed by atoms with Gasteiger partial charge in [0.15, 0.2) is 0 Å². The molecule has 1 aliphatic heterocycles. The first-order valence-electron chi connectivity index (χ1n) is 8.26. The number of nitrogens with zero attached hydrogens (tertiary/aromatic N) is 4. The van der Waals surface area contributed by atoms with Crippen molar-refractivity contribution in [3.63, 3.8) is 0 Å². The van der Waals surface area contributed by atoms with Crippen molar-refractivity contribution in [1.29, 1.82) is 0 Å². The fourth-order valence-corrected chi connectivity index (χ4v) is 4.82. The van der Waals surface area contributed by atoms with E-state index >= 15 is 0 Å². The minimum atomic E-state index is -3.56. The molecule has 1 atom stereocenters. The highest BCUT2D eigenvalue weighted by Gasteiger charge is 2.34. The van der Waals surface area contributed by atoms with E-state index in [1.807, 2.05) is 18.2 Å². The Labute approximate surface area is 157 Å². The molecule has 2 heterocycles. The Kier molecular flexibility index (Phi) is 4.52. The molecule has 26 heavy (non-hydrogen) atoms. The zero-order valence-corrected chi connectivity index (χ0v) is 15.4. The van der Waals surface area contributed by atoms with E-state index in [-0.39, 0.29) is 6.04 Å². The van der Waals surface area contributed by atoms with Gasteiger partial charge in [-0.25, -0.2) is 8.42 Å². The molecule has 0 amide bonds. The third-order valence-electron chi connectivity index (χ3n) is 4.54. The number of aromatic nitrogens is 3. The molecule has 8 heteroatoms. The van der Waals surface area contributed by atoms with E-state index < -0.39 is 10.0 Å². The van der Waals surface area contributed by atoms with Crippen molar-refractivity contribution in [2.75, 3.05) is 13.1 Å². The van der Waals surface area contributed by atoms with Crippen LogP contribution in [0.3, 0.4) is 0 Å². The molecule has 0 spiro atoms. The summed E-state index contributed by atoms with van der Waals surface area (Å²) >= 11 is 5.93. The van der Waals surface area contributed by atoms with E-state index in [4.69, 9.17) is 11.6 Å². The number of benzene rings is 2. The second-order valence-corrected chi connectivity index (χ2v) is 8.56. The first-order chi connectivity index (χ1) is 12.5. The maximum absolute atomic E-state index is 13.0. The molecular formula is C18H17ClN4O2S. The highest BCUT2D eigenvalue weighted by molar-refractivity contribution is 7.89. The zero-order valence-electron chi connectivity index (χ0n) is 13.9. The molecule has 2 aromatic carbocycles. The number of sulfonamides is 1. The Morgan fingerprint density at radius 3 is 2.46 bits per heavy atom. The van der Waals surface area contributed by atoms with Crippen molar-refractivity contribution in [2.24, 2.45) is 0 Å². The first-order valence-corrected chi connectivity index (χ1v) is 10.1. The smallest absolute Gasteiger partial charge is 0.207 e. The molecule has 0 saturated carbocycles. The lowest BCUT2D eigenvalue weighted by Gasteiger charge is -2.17. The predicted octanol–water partition coefficient (Wildman–Crippen LogP) is 3.23. The maximum atomic E-state index is 13.0.